The molecule has 0 radical (unpaired) electrons. The molecule has 27 heavy (non-hydrogen) atoms. The second-order valence-electron chi connectivity index (χ2n) is 8.09. The maximum absolute atomic E-state index is 12.8. The standard InChI is InChI=1S/C21H29N5O/c1-15-10-20(24(2)23-15)21(27)26-13-17-11-25(12-18(17)14-26)9-8-19(22)16-6-4-3-5-7-16/h3-7,10,17-19H,8-9,11-14,22H2,1-2H3/t17?,18?,19-/m0/s1. The van der Waals surface area contributed by atoms with Crippen molar-refractivity contribution in [1.82, 2.24) is 19.6 Å². The largest absolute Gasteiger partial charge is 0.337 e. The van der Waals surface area contributed by atoms with Crippen molar-refractivity contribution < 1.29 is 4.79 Å². The molecule has 4 rings (SSSR count). The molecule has 0 bridgehead atoms. The number of aromatic nitrogens is 2. The highest BCUT2D eigenvalue weighted by atomic mass is 16.2. The average Bonchev–Trinajstić information content (AvgIpc) is 3.32. The Kier molecular flexibility index (Phi) is 5.02. The lowest BCUT2D eigenvalue weighted by molar-refractivity contribution is 0.0763. The summed E-state index contributed by atoms with van der Waals surface area (Å²) >= 11 is 0. The maximum atomic E-state index is 12.8. The Morgan fingerprint density at radius 2 is 1.85 bits per heavy atom. The molecule has 144 valence electrons. The van der Waals surface area contributed by atoms with E-state index >= 15 is 0 Å². The van der Waals surface area contributed by atoms with Gasteiger partial charge in [-0.25, -0.2) is 0 Å². The SMILES string of the molecule is Cc1cc(C(=O)N2CC3CN(CC[C@H](N)c4ccccc4)CC3C2)n(C)n1. The van der Waals surface area contributed by atoms with Gasteiger partial charge in [-0.1, -0.05) is 30.3 Å². The number of nitrogens with zero attached hydrogens (tertiary/aromatic N) is 4. The molecule has 0 saturated carbocycles. The highest BCUT2D eigenvalue weighted by Crippen LogP contribution is 2.32. The topological polar surface area (TPSA) is 67.4 Å². The van der Waals surface area contributed by atoms with E-state index in [4.69, 9.17) is 5.73 Å². The molecule has 2 fully saturated rings. The minimum atomic E-state index is 0.0952. The second kappa shape index (κ2) is 7.44. The zero-order valence-corrected chi connectivity index (χ0v) is 16.2. The van der Waals surface area contributed by atoms with Gasteiger partial charge in [-0.3, -0.25) is 9.48 Å². The van der Waals surface area contributed by atoms with Gasteiger partial charge in [-0.2, -0.15) is 5.10 Å². The Labute approximate surface area is 160 Å². The summed E-state index contributed by atoms with van der Waals surface area (Å²) in [5.41, 5.74) is 9.13. The lowest BCUT2D eigenvalue weighted by Crippen LogP contribution is -2.34. The number of rotatable bonds is 5. The van der Waals surface area contributed by atoms with E-state index in [1.807, 2.05) is 43.1 Å². The fraction of sp³-hybridized carbons (Fsp3) is 0.524. The van der Waals surface area contributed by atoms with Crippen LogP contribution < -0.4 is 5.73 Å². The average molecular weight is 367 g/mol. The number of likely N-dealkylation sites (tertiary alicyclic amines) is 2. The van der Waals surface area contributed by atoms with Crippen LogP contribution in [0.1, 0.15) is 34.2 Å². The summed E-state index contributed by atoms with van der Waals surface area (Å²) in [4.78, 5) is 17.3. The number of amides is 1. The van der Waals surface area contributed by atoms with Crippen LogP contribution in [-0.4, -0.2) is 58.2 Å². The first-order valence-electron chi connectivity index (χ1n) is 9.84. The van der Waals surface area contributed by atoms with E-state index in [-0.39, 0.29) is 11.9 Å². The first-order chi connectivity index (χ1) is 13.0. The molecule has 6 nitrogen and oxygen atoms in total. The van der Waals surface area contributed by atoms with Crippen LogP contribution in [0.2, 0.25) is 0 Å². The molecule has 0 aliphatic carbocycles. The van der Waals surface area contributed by atoms with Gasteiger partial charge in [0.2, 0.25) is 0 Å². The monoisotopic (exact) mass is 367 g/mol. The molecule has 2 aliphatic rings. The van der Waals surface area contributed by atoms with Crippen molar-refractivity contribution in [1.29, 1.82) is 0 Å². The van der Waals surface area contributed by atoms with Gasteiger partial charge in [-0.15, -0.1) is 0 Å². The third-order valence-electron chi connectivity index (χ3n) is 6.05. The molecule has 2 saturated heterocycles. The quantitative estimate of drug-likeness (QED) is 0.875. The molecule has 1 aromatic heterocycles. The van der Waals surface area contributed by atoms with Crippen molar-refractivity contribution in [2.45, 2.75) is 19.4 Å². The van der Waals surface area contributed by atoms with Crippen molar-refractivity contribution >= 4 is 5.91 Å². The van der Waals surface area contributed by atoms with Crippen molar-refractivity contribution in [2.24, 2.45) is 24.6 Å². The molecule has 3 heterocycles. The first-order valence-corrected chi connectivity index (χ1v) is 9.84. The zero-order valence-electron chi connectivity index (χ0n) is 16.2. The molecular formula is C21H29N5O. The van der Waals surface area contributed by atoms with E-state index in [0.29, 0.717) is 17.5 Å². The van der Waals surface area contributed by atoms with Crippen LogP contribution in [0.5, 0.6) is 0 Å². The van der Waals surface area contributed by atoms with Crippen molar-refractivity contribution in [3.8, 4) is 0 Å². The fourth-order valence-electron chi connectivity index (χ4n) is 4.60. The van der Waals surface area contributed by atoms with E-state index in [9.17, 15) is 4.79 Å². The number of fused-ring (bicyclic) bond motifs is 1. The molecule has 6 heteroatoms. The van der Waals surface area contributed by atoms with E-state index in [1.54, 1.807) is 4.68 Å². The number of carbonyl (C=O) groups is 1. The normalized spacial score (nSPS) is 23.6. The summed E-state index contributed by atoms with van der Waals surface area (Å²) in [5, 5.41) is 4.30. The van der Waals surface area contributed by atoms with E-state index < -0.39 is 0 Å². The van der Waals surface area contributed by atoms with Gasteiger partial charge < -0.3 is 15.5 Å². The fourth-order valence-corrected chi connectivity index (χ4v) is 4.60. The minimum absolute atomic E-state index is 0.0952. The van der Waals surface area contributed by atoms with Crippen LogP contribution in [0.4, 0.5) is 0 Å². The highest BCUT2D eigenvalue weighted by Gasteiger charge is 2.41. The smallest absolute Gasteiger partial charge is 0.272 e. The molecule has 1 aromatic carbocycles. The summed E-state index contributed by atoms with van der Waals surface area (Å²) in [5.74, 6) is 1.28. The summed E-state index contributed by atoms with van der Waals surface area (Å²) in [6.07, 6.45) is 0.973. The molecule has 2 aliphatic heterocycles. The van der Waals surface area contributed by atoms with Gasteiger partial charge >= 0.3 is 0 Å². The van der Waals surface area contributed by atoms with Crippen LogP contribution in [0.15, 0.2) is 36.4 Å². The molecule has 3 atom stereocenters. The van der Waals surface area contributed by atoms with Gasteiger partial charge in [0.05, 0.1) is 5.69 Å². The molecular weight excluding hydrogens is 338 g/mol. The van der Waals surface area contributed by atoms with Crippen molar-refractivity contribution in [3.05, 3.63) is 53.3 Å². The number of nitrogens with two attached hydrogens (primary N) is 1. The Morgan fingerprint density at radius 3 is 2.44 bits per heavy atom. The predicted molar refractivity (Wildman–Crippen MR) is 105 cm³/mol. The Bertz CT molecular complexity index is 788. The molecule has 0 spiro atoms. The van der Waals surface area contributed by atoms with Crippen LogP contribution >= 0.6 is 0 Å². The summed E-state index contributed by atoms with van der Waals surface area (Å²) < 4.78 is 1.70. The molecule has 2 unspecified atom stereocenters. The van der Waals surface area contributed by atoms with Gasteiger partial charge in [0.1, 0.15) is 5.69 Å². The van der Waals surface area contributed by atoms with Gasteiger partial charge in [-0.05, 0) is 43.4 Å². The van der Waals surface area contributed by atoms with Crippen molar-refractivity contribution in [3.63, 3.8) is 0 Å². The number of carbonyl (C=O) groups excluding carboxylic acids is 1. The third kappa shape index (κ3) is 3.77. The van der Waals surface area contributed by atoms with Crippen LogP contribution in [0.3, 0.4) is 0 Å². The second-order valence-corrected chi connectivity index (χ2v) is 8.09. The van der Waals surface area contributed by atoms with Crippen LogP contribution in [0.25, 0.3) is 0 Å². The van der Waals surface area contributed by atoms with E-state index in [2.05, 4.69) is 22.1 Å². The number of aryl methyl sites for hydroxylation is 2. The predicted octanol–water partition coefficient (Wildman–Crippen LogP) is 1.82. The highest BCUT2D eigenvalue weighted by molar-refractivity contribution is 5.93. The summed E-state index contributed by atoms with van der Waals surface area (Å²) in [6, 6.07) is 12.3. The molecule has 1 amide bonds. The zero-order chi connectivity index (χ0) is 19.0. The molecule has 2 N–H and O–H groups in total. The minimum Gasteiger partial charge on any atom is -0.337 e. The number of hydrogen-bond acceptors (Lipinski definition) is 4. The van der Waals surface area contributed by atoms with Gasteiger partial charge in [0.25, 0.3) is 5.91 Å². The van der Waals surface area contributed by atoms with Crippen LogP contribution in [-0.2, 0) is 7.05 Å². The lowest BCUT2D eigenvalue weighted by atomic mass is 10.0. The summed E-state index contributed by atoms with van der Waals surface area (Å²) in [7, 11) is 1.84. The number of benzene rings is 1. The van der Waals surface area contributed by atoms with E-state index in [0.717, 1.165) is 44.8 Å². The number of hydrogen-bond donors (Lipinski definition) is 1. The van der Waals surface area contributed by atoms with Crippen LogP contribution in [0, 0.1) is 18.8 Å². The van der Waals surface area contributed by atoms with Gasteiger partial charge in [0.15, 0.2) is 0 Å². The molecule has 2 aromatic rings. The Morgan fingerprint density at radius 1 is 1.19 bits per heavy atom. The van der Waals surface area contributed by atoms with Gasteiger partial charge in [0, 0.05) is 39.3 Å². The van der Waals surface area contributed by atoms with Crippen molar-refractivity contribution in [2.75, 3.05) is 32.7 Å². The third-order valence-corrected chi connectivity index (χ3v) is 6.05. The summed E-state index contributed by atoms with van der Waals surface area (Å²) in [6.45, 7) is 6.80. The Balaban J connectivity index is 1.28. The first kappa shape index (κ1) is 18.2. The Hall–Kier alpha value is -2.18. The van der Waals surface area contributed by atoms with E-state index in [1.165, 1.54) is 5.56 Å². The lowest BCUT2D eigenvalue weighted by Gasteiger charge is -2.23. The maximum Gasteiger partial charge on any atom is 0.272 e.